The fourth-order valence-corrected chi connectivity index (χ4v) is 3.73. The number of hydrogen-bond donors (Lipinski definition) is 0. The first kappa shape index (κ1) is 18.8. The highest BCUT2D eigenvalue weighted by Crippen LogP contribution is 2.40. The van der Waals surface area contributed by atoms with E-state index in [-0.39, 0.29) is 29.2 Å². The molecule has 2 aromatic rings. The lowest BCUT2D eigenvalue weighted by Gasteiger charge is -2.35. The van der Waals surface area contributed by atoms with E-state index in [0.29, 0.717) is 48.3 Å². The third-order valence-electron chi connectivity index (χ3n) is 4.69. The van der Waals surface area contributed by atoms with Gasteiger partial charge in [0.25, 0.3) is 11.8 Å². The highest BCUT2D eigenvalue weighted by molar-refractivity contribution is 6.34. The van der Waals surface area contributed by atoms with Crippen molar-refractivity contribution in [3.05, 3.63) is 57.3 Å². The number of halogens is 3. The second kappa shape index (κ2) is 7.48. The second-order valence-corrected chi connectivity index (χ2v) is 7.21. The molecule has 2 aromatic carbocycles. The predicted octanol–water partition coefficient (Wildman–Crippen LogP) is 3.46. The molecule has 0 bridgehead atoms. The zero-order valence-corrected chi connectivity index (χ0v) is 16.1. The number of fused-ring (bicyclic) bond motifs is 1. The van der Waals surface area contributed by atoms with E-state index in [2.05, 4.69) is 0 Å². The Labute approximate surface area is 170 Å². The highest BCUT2D eigenvalue weighted by atomic mass is 35.5. The van der Waals surface area contributed by atoms with Crippen molar-refractivity contribution in [3.8, 4) is 11.5 Å². The first-order valence-corrected chi connectivity index (χ1v) is 9.32. The van der Waals surface area contributed by atoms with E-state index in [9.17, 15) is 14.0 Å². The van der Waals surface area contributed by atoms with Crippen LogP contribution in [0.3, 0.4) is 0 Å². The lowest BCUT2D eigenvalue weighted by molar-refractivity contribution is 0.0535. The van der Waals surface area contributed by atoms with E-state index >= 15 is 0 Å². The topological polar surface area (TPSA) is 59.1 Å². The lowest BCUT2D eigenvalue weighted by Crippen LogP contribution is -2.50. The Bertz CT molecular complexity index is 961. The van der Waals surface area contributed by atoms with E-state index in [1.165, 1.54) is 12.1 Å². The first-order valence-electron chi connectivity index (χ1n) is 8.57. The molecule has 0 aromatic heterocycles. The molecule has 0 N–H and O–H groups in total. The SMILES string of the molecule is O=C(c1cc(Cl)c2c(c1)OCO2)N1CCN(C(=O)c2ccc(F)cc2Cl)CC1. The molecule has 1 fully saturated rings. The molecule has 0 aliphatic carbocycles. The van der Waals surface area contributed by atoms with Crippen LogP contribution in [0.4, 0.5) is 4.39 Å². The van der Waals surface area contributed by atoms with Gasteiger partial charge in [0.2, 0.25) is 6.79 Å². The summed E-state index contributed by atoms with van der Waals surface area (Å²) in [6.45, 7) is 1.47. The molecule has 0 unspecified atom stereocenters. The van der Waals surface area contributed by atoms with E-state index in [1.54, 1.807) is 21.9 Å². The average Bonchev–Trinajstić information content (AvgIpc) is 3.16. The van der Waals surface area contributed by atoms with Crippen molar-refractivity contribution in [2.45, 2.75) is 0 Å². The van der Waals surface area contributed by atoms with Gasteiger partial charge in [-0.05, 0) is 30.3 Å². The van der Waals surface area contributed by atoms with Crippen LogP contribution in [0.15, 0.2) is 30.3 Å². The Balaban J connectivity index is 1.43. The number of benzene rings is 2. The van der Waals surface area contributed by atoms with Gasteiger partial charge in [-0.15, -0.1) is 0 Å². The molecule has 2 aliphatic heterocycles. The highest BCUT2D eigenvalue weighted by Gasteiger charge is 2.28. The maximum atomic E-state index is 13.2. The lowest BCUT2D eigenvalue weighted by atomic mass is 10.1. The van der Waals surface area contributed by atoms with Crippen LogP contribution in [0, 0.1) is 5.82 Å². The van der Waals surface area contributed by atoms with E-state index < -0.39 is 5.82 Å². The van der Waals surface area contributed by atoms with Gasteiger partial charge in [-0.1, -0.05) is 23.2 Å². The molecule has 2 amide bonds. The van der Waals surface area contributed by atoms with Gasteiger partial charge in [0.1, 0.15) is 5.82 Å². The molecule has 2 aliphatic rings. The molecular weight excluding hydrogens is 410 g/mol. The molecule has 9 heteroatoms. The van der Waals surface area contributed by atoms with Gasteiger partial charge in [-0.25, -0.2) is 4.39 Å². The summed E-state index contributed by atoms with van der Waals surface area (Å²) in [6.07, 6.45) is 0. The summed E-state index contributed by atoms with van der Waals surface area (Å²) >= 11 is 12.1. The number of carbonyl (C=O) groups is 2. The third kappa shape index (κ3) is 3.47. The van der Waals surface area contributed by atoms with Crippen LogP contribution in [-0.2, 0) is 0 Å². The van der Waals surface area contributed by atoms with Gasteiger partial charge < -0.3 is 19.3 Å². The molecule has 2 heterocycles. The Morgan fingerprint density at radius 3 is 2.25 bits per heavy atom. The van der Waals surface area contributed by atoms with Crippen molar-refractivity contribution >= 4 is 35.0 Å². The van der Waals surface area contributed by atoms with Crippen LogP contribution in [0.5, 0.6) is 11.5 Å². The van der Waals surface area contributed by atoms with Gasteiger partial charge in [0.05, 0.1) is 15.6 Å². The van der Waals surface area contributed by atoms with Gasteiger partial charge in [-0.3, -0.25) is 9.59 Å². The Morgan fingerprint density at radius 1 is 0.893 bits per heavy atom. The molecule has 0 atom stereocenters. The van der Waals surface area contributed by atoms with Gasteiger partial charge in [-0.2, -0.15) is 0 Å². The molecular formula is C19H15Cl2FN2O4. The summed E-state index contributed by atoms with van der Waals surface area (Å²) < 4.78 is 23.7. The molecule has 1 saturated heterocycles. The largest absolute Gasteiger partial charge is 0.454 e. The molecule has 28 heavy (non-hydrogen) atoms. The summed E-state index contributed by atoms with van der Waals surface area (Å²) in [4.78, 5) is 28.6. The maximum absolute atomic E-state index is 13.2. The monoisotopic (exact) mass is 424 g/mol. The van der Waals surface area contributed by atoms with Crippen molar-refractivity contribution in [3.63, 3.8) is 0 Å². The van der Waals surface area contributed by atoms with Gasteiger partial charge >= 0.3 is 0 Å². The quantitative estimate of drug-likeness (QED) is 0.740. The number of piperazine rings is 1. The van der Waals surface area contributed by atoms with Crippen LogP contribution in [0.1, 0.15) is 20.7 Å². The molecule has 0 spiro atoms. The Kier molecular flexibility index (Phi) is 5.03. The second-order valence-electron chi connectivity index (χ2n) is 6.40. The number of amides is 2. The summed E-state index contributed by atoms with van der Waals surface area (Å²) in [5.74, 6) is -0.116. The van der Waals surface area contributed by atoms with Crippen molar-refractivity contribution in [1.82, 2.24) is 9.80 Å². The number of carbonyl (C=O) groups excluding carboxylic acids is 2. The molecule has 146 valence electrons. The summed E-state index contributed by atoms with van der Waals surface area (Å²) in [7, 11) is 0. The molecule has 6 nitrogen and oxygen atoms in total. The van der Waals surface area contributed by atoms with E-state index in [0.717, 1.165) is 6.07 Å². The summed E-state index contributed by atoms with van der Waals surface area (Å²) in [5, 5.41) is 0.386. The van der Waals surface area contributed by atoms with Crippen LogP contribution in [0.25, 0.3) is 0 Å². The molecule has 4 rings (SSSR count). The van der Waals surface area contributed by atoms with Gasteiger partial charge in [0, 0.05) is 31.7 Å². The predicted molar refractivity (Wildman–Crippen MR) is 101 cm³/mol. The fraction of sp³-hybridized carbons (Fsp3) is 0.263. The van der Waals surface area contributed by atoms with Crippen molar-refractivity contribution in [2.24, 2.45) is 0 Å². The Hall–Kier alpha value is -2.51. The standard InChI is InChI=1S/C19H15Cl2FN2O4/c20-14-9-12(22)1-2-13(14)19(26)24-5-3-23(4-6-24)18(25)11-7-15(21)17-16(8-11)27-10-28-17/h1-2,7-9H,3-6,10H2. The van der Waals surface area contributed by atoms with Crippen LogP contribution < -0.4 is 9.47 Å². The third-order valence-corrected chi connectivity index (χ3v) is 5.28. The minimum atomic E-state index is -0.501. The van der Waals surface area contributed by atoms with Crippen molar-refractivity contribution < 1.29 is 23.5 Å². The van der Waals surface area contributed by atoms with Crippen molar-refractivity contribution in [1.29, 1.82) is 0 Å². The molecule has 0 radical (unpaired) electrons. The number of nitrogens with zero attached hydrogens (tertiary/aromatic N) is 2. The number of hydrogen-bond acceptors (Lipinski definition) is 4. The zero-order valence-electron chi connectivity index (χ0n) is 14.6. The molecule has 0 saturated carbocycles. The van der Waals surface area contributed by atoms with E-state index in [4.69, 9.17) is 32.7 Å². The summed E-state index contributed by atoms with van der Waals surface area (Å²) in [6, 6.07) is 6.83. The maximum Gasteiger partial charge on any atom is 0.255 e. The summed E-state index contributed by atoms with van der Waals surface area (Å²) in [5.41, 5.74) is 0.640. The van der Waals surface area contributed by atoms with Crippen molar-refractivity contribution in [2.75, 3.05) is 33.0 Å². The fourth-order valence-electron chi connectivity index (χ4n) is 3.22. The normalized spacial score (nSPS) is 15.7. The zero-order chi connectivity index (χ0) is 19.8. The minimum absolute atomic E-state index is 0.0681. The Morgan fingerprint density at radius 2 is 1.57 bits per heavy atom. The average molecular weight is 425 g/mol. The number of rotatable bonds is 2. The smallest absolute Gasteiger partial charge is 0.255 e. The first-order chi connectivity index (χ1) is 13.4. The number of ether oxygens (including phenoxy) is 2. The van der Waals surface area contributed by atoms with Gasteiger partial charge in [0.15, 0.2) is 11.5 Å². The van der Waals surface area contributed by atoms with Crippen LogP contribution >= 0.6 is 23.2 Å². The van der Waals surface area contributed by atoms with E-state index in [1.807, 2.05) is 0 Å². The minimum Gasteiger partial charge on any atom is -0.454 e. The van der Waals surface area contributed by atoms with Crippen LogP contribution in [-0.4, -0.2) is 54.6 Å². The van der Waals surface area contributed by atoms with Crippen LogP contribution in [0.2, 0.25) is 10.0 Å².